The number of allylic oxidation sites excluding steroid dienone is 1. The van der Waals surface area contributed by atoms with E-state index in [0.29, 0.717) is 13.2 Å². The molecule has 3 heteroatoms. The molecule has 1 aliphatic rings. The summed E-state index contributed by atoms with van der Waals surface area (Å²) in [5.74, 6) is 0. The molecule has 0 unspecified atom stereocenters. The Hall–Kier alpha value is -0.380. The fraction of sp³-hybridized carbons (Fsp3) is 0.800. The minimum absolute atomic E-state index is 0.0423. The van der Waals surface area contributed by atoms with Gasteiger partial charge >= 0.3 is 0 Å². The molecule has 0 aliphatic carbocycles. The lowest BCUT2D eigenvalue weighted by Crippen LogP contribution is -2.26. The maximum Gasteiger partial charge on any atom is 0.159 e. The zero-order chi connectivity index (χ0) is 9.36. The molecular formula is C10H18O3. The van der Waals surface area contributed by atoms with Crippen LogP contribution in [0.4, 0.5) is 0 Å². The summed E-state index contributed by atoms with van der Waals surface area (Å²) in [6, 6.07) is 0. The highest BCUT2D eigenvalue weighted by Crippen LogP contribution is 2.08. The molecule has 0 saturated carbocycles. The van der Waals surface area contributed by atoms with E-state index in [2.05, 4.69) is 0 Å². The summed E-state index contributed by atoms with van der Waals surface area (Å²) in [6.45, 7) is 5.01. The van der Waals surface area contributed by atoms with Crippen molar-refractivity contribution in [3.63, 3.8) is 0 Å². The van der Waals surface area contributed by atoms with Gasteiger partial charge in [0.2, 0.25) is 0 Å². The first-order valence-corrected chi connectivity index (χ1v) is 4.85. The molecule has 1 aliphatic heterocycles. The van der Waals surface area contributed by atoms with E-state index >= 15 is 0 Å². The van der Waals surface area contributed by atoms with Crippen molar-refractivity contribution in [1.29, 1.82) is 0 Å². The fourth-order valence-corrected chi connectivity index (χ4v) is 1.13. The van der Waals surface area contributed by atoms with Crippen molar-refractivity contribution in [2.24, 2.45) is 0 Å². The van der Waals surface area contributed by atoms with E-state index in [1.807, 2.05) is 19.1 Å². The zero-order valence-corrected chi connectivity index (χ0v) is 8.20. The van der Waals surface area contributed by atoms with Crippen molar-refractivity contribution in [1.82, 2.24) is 0 Å². The molecule has 0 bridgehead atoms. The van der Waals surface area contributed by atoms with Crippen LogP contribution in [0, 0.1) is 0 Å². The maximum absolute atomic E-state index is 5.36. The van der Waals surface area contributed by atoms with Gasteiger partial charge in [-0.1, -0.05) is 12.2 Å². The second kappa shape index (κ2) is 7.06. The molecule has 0 aromatic carbocycles. The number of rotatable bonds is 5. The second-order valence-electron chi connectivity index (χ2n) is 2.96. The Balaban J connectivity index is 1.92. The Labute approximate surface area is 79.7 Å². The Kier molecular flexibility index (Phi) is 5.81. The molecule has 13 heavy (non-hydrogen) atoms. The maximum atomic E-state index is 5.36. The molecule has 3 nitrogen and oxygen atoms in total. The van der Waals surface area contributed by atoms with Crippen LogP contribution in [0.1, 0.15) is 19.8 Å². The van der Waals surface area contributed by atoms with Crippen molar-refractivity contribution in [2.75, 3.05) is 26.4 Å². The predicted molar refractivity (Wildman–Crippen MR) is 50.6 cm³/mol. The van der Waals surface area contributed by atoms with Crippen molar-refractivity contribution in [2.45, 2.75) is 26.1 Å². The highest BCUT2D eigenvalue weighted by atomic mass is 16.7. The van der Waals surface area contributed by atoms with Crippen LogP contribution in [0.15, 0.2) is 12.2 Å². The molecule has 0 spiro atoms. The SMILES string of the molecule is CC=CCOCCC1OCCCO1. The molecule has 0 aromatic rings. The predicted octanol–water partition coefficient (Wildman–Crippen LogP) is 1.73. The van der Waals surface area contributed by atoms with Crippen molar-refractivity contribution < 1.29 is 14.2 Å². The molecule has 0 aromatic heterocycles. The quantitative estimate of drug-likeness (QED) is 0.483. The summed E-state index contributed by atoms with van der Waals surface area (Å²) in [5.41, 5.74) is 0. The summed E-state index contributed by atoms with van der Waals surface area (Å²) in [7, 11) is 0. The average Bonchev–Trinajstić information content (AvgIpc) is 2.19. The number of hydrogen-bond donors (Lipinski definition) is 0. The summed E-state index contributed by atoms with van der Waals surface area (Å²) < 4.78 is 16.1. The van der Waals surface area contributed by atoms with Gasteiger partial charge in [-0.2, -0.15) is 0 Å². The van der Waals surface area contributed by atoms with Crippen LogP contribution in [0.25, 0.3) is 0 Å². The third-order valence-electron chi connectivity index (χ3n) is 1.84. The Morgan fingerprint density at radius 1 is 1.38 bits per heavy atom. The van der Waals surface area contributed by atoms with Gasteiger partial charge in [0.15, 0.2) is 6.29 Å². The largest absolute Gasteiger partial charge is 0.377 e. The lowest BCUT2D eigenvalue weighted by Gasteiger charge is -2.22. The smallest absolute Gasteiger partial charge is 0.159 e. The molecule has 0 radical (unpaired) electrons. The minimum atomic E-state index is -0.0423. The van der Waals surface area contributed by atoms with Gasteiger partial charge in [-0.25, -0.2) is 0 Å². The third-order valence-corrected chi connectivity index (χ3v) is 1.84. The van der Waals surface area contributed by atoms with Gasteiger partial charge in [-0.15, -0.1) is 0 Å². The first-order chi connectivity index (χ1) is 6.43. The van der Waals surface area contributed by atoms with E-state index in [9.17, 15) is 0 Å². The van der Waals surface area contributed by atoms with E-state index < -0.39 is 0 Å². The standard InChI is InChI=1S/C10H18O3/c1-2-3-6-11-9-5-10-12-7-4-8-13-10/h2-3,10H,4-9H2,1H3. The van der Waals surface area contributed by atoms with Gasteiger partial charge in [-0.3, -0.25) is 0 Å². The molecule has 76 valence electrons. The summed E-state index contributed by atoms with van der Waals surface area (Å²) >= 11 is 0. The second-order valence-corrected chi connectivity index (χ2v) is 2.96. The Morgan fingerprint density at radius 3 is 2.85 bits per heavy atom. The van der Waals surface area contributed by atoms with E-state index in [0.717, 1.165) is 26.1 Å². The lowest BCUT2D eigenvalue weighted by molar-refractivity contribution is -0.185. The van der Waals surface area contributed by atoms with Crippen molar-refractivity contribution >= 4 is 0 Å². The molecule has 1 rings (SSSR count). The summed E-state index contributed by atoms with van der Waals surface area (Å²) in [6.07, 6.45) is 5.77. The summed E-state index contributed by atoms with van der Waals surface area (Å²) in [5, 5.41) is 0. The average molecular weight is 186 g/mol. The van der Waals surface area contributed by atoms with E-state index in [1.54, 1.807) is 0 Å². The van der Waals surface area contributed by atoms with Crippen LogP contribution < -0.4 is 0 Å². The fourth-order valence-electron chi connectivity index (χ4n) is 1.13. The van der Waals surface area contributed by atoms with E-state index in [-0.39, 0.29) is 6.29 Å². The zero-order valence-electron chi connectivity index (χ0n) is 8.20. The first kappa shape index (κ1) is 10.7. The molecule has 1 heterocycles. The molecular weight excluding hydrogens is 168 g/mol. The van der Waals surface area contributed by atoms with Gasteiger partial charge in [0.05, 0.1) is 26.4 Å². The minimum Gasteiger partial charge on any atom is -0.377 e. The molecule has 1 fully saturated rings. The monoisotopic (exact) mass is 186 g/mol. The van der Waals surface area contributed by atoms with Gasteiger partial charge in [0, 0.05) is 6.42 Å². The number of ether oxygens (including phenoxy) is 3. The molecule has 0 amide bonds. The van der Waals surface area contributed by atoms with Crippen molar-refractivity contribution in [3.05, 3.63) is 12.2 Å². The van der Waals surface area contributed by atoms with Crippen LogP contribution >= 0.6 is 0 Å². The van der Waals surface area contributed by atoms with Gasteiger partial charge in [0.25, 0.3) is 0 Å². The van der Waals surface area contributed by atoms with E-state index in [1.165, 1.54) is 0 Å². The highest BCUT2D eigenvalue weighted by molar-refractivity contribution is 4.75. The first-order valence-electron chi connectivity index (χ1n) is 4.85. The molecule has 0 atom stereocenters. The topological polar surface area (TPSA) is 27.7 Å². The van der Waals surface area contributed by atoms with E-state index in [4.69, 9.17) is 14.2 Å². The lowest BCUT2D eigenvalue weighted by atomic mass is 10.4. The Bertz CT molecular complexity index is 139. The van der Waals surface area contributed by atoms with Crippen molar-refractivity contribution in [3.8, 4) is 0 Å². The van der Waals surface area contributed by atoms with Crippen LogP contribution in [0.2, 0.25) is 0 Å². The summed E-state index contributed by atoms with van der Waals surface area (Å²) in [4.78, 5) is 0. The van der Waals surface area contributed by atoms with Crippen LogP contribution in [-0.2, 0) is 14.2 Å². The van der Waals surface area contributed by atoms with Crippen LogP contribution in [-0.4, -0.2) is 32.7 Å². The van der Waals surface area contributed by atoms with Gasteiger partial charge in [-0.05, 0) is 13.3 Å². The van der Waals surface area contributed by atoms with Gasteiger partial charge in [0.1, 0.15) is 0 Å². The molecule has 0 N–H and O–H groups in total. The Morgan fingerprint density at radius 2 is 2.15 bits per heavy atom. The highest BCUT2D eigenvalue weighted by Gasteiger charge is 2.12. The van der Waals surface area contributed by atoms with Crippen LogP contribution in [0.3, 0.4) is 0 Å². The molecule has 1 saturated heterocycles. The number of hydrogen-bond acceptors (Lipinski definition) is 3. The van der Waals surface area contributed by atoms with Crippen LogP contribution in [0.5, 0.6) is 0 Å². The third kappa shape index (κ3) is 5.03. The van der Waals surface area contributed by atoms with Gasteiger partial charge < -0.3 is 14.2 Å². The normalized spacial score (nSPS) is 19.8.